The van der Waals surface area contributed by atoms with Crippen LogP contribution in [0.25, 0.3) is 0 Å². The molecule has 0 rings (SSSR count). The number of rotatable bonds is 3. The molecule has 0 aromatic carbocycles. The molecule has 0 saturated heterocycles. The van der Waals surface area contributed by atoms with Gasteiger partial charge in [0.2, 0.25) is 13.0 Å². The summed E-state index contributed by atoms with van der Waals surface area (Å²) in [5.41, 5.74) is 0. The van der Waals surface area contributed by atoms with Gasteiger partial charge in [0.1, 0.15) is 6.67 Å². The fourth-order valence-electron chi connectivity index (χ4n) is 0.224. The third-order valence-electron chi connectivity index (χ3n) is 0.831. The molecule has 0 radical (unpaired) electrons. The molecule has 0 aliphatic rings. The first-order chi connectivity index (χ1) is 11.6. The lowest BCUT2D eigenvalue weighted by Crippen LogP contribution is -2.31. The molecule has 1 unspecified atom stereocenters. The van der Waals surface area contributed by atoms with Crippen molar-refractivity contribution >= 4 is 6.29 Å². The van der Waals surface area contributed by atoms with E-state index in [0.29, 0.717) is 0 Å². The van der Waals surface area contributed by atoms with Crippen LogP contribution in [-0.4, -0.2) is 51.6 Å². The highest BCUT2D eigenvalue weighted by Gasteiger charge is 2.42. The molecule has 0 bridgehead atoms. The van der Waals surface area contributed by atoms with Crippen molar-refractivity contribution in [1.29, 1.82) is 0 Å². The van der Waals surface area contributed by atoms with Gasteiger partial charge >= 0.3 is 18.6 Å². The Bertz CT molecular complexity index is 260. The highest BCUT2D eigenvalue weighted by Crippen LogP contribution is 2.23. The fourth-order valence-corrected chi connectivity index (χ4v) is 0.224. The molecule has 0 aliphatic carbocycles. The zero-order valence-electron chi connectivity index (χ0n) is 12.8. The summed E-state index contributed by atoms with van der Waals surface area (Å²) in [7, 11) is 0. The van der Waals surface area contributed by atoms with Crippen LogP contribution < -0.4 is 0 Å². The van der Waals surface area contributed by atoms with Crippen LogP contribution in [0.5, 0.6) is 0 Å². The van der Waals surface area contributed by atoms with E-state index in [9.17, 15) is 61.7 Å². The Labute approximate surface area is 141 Å². The van der Waals surface area contributed by atoms with E-state index in [1.807, 2.05) is 0 Å². The Morgan fingerprint density at radius 1 is 0.926 bits per heavy atom. The average molecular weight is 454 g/mol. The quantitative estimate of drug-likeness (QED) is 0.371. The normalized spacial score (nSPS) is 10.6. The van der Waals surface area contributed by atoms with Crippen LogP contribution in [0.2, 0.25) is 0 Å². The summed E-state index contributed by atoms with van der Waals surface area (Å²) in [5, 5.41) is 0. The molecule has 1 atom stereocenters. The first kappa shape index (κ1) is 40.3. The molecular formula is C9H13F15O3. The van der Waals surface area contributed by atoms with E-state index < -0.39 is 45.0 Å². The summed E-state index contributed by atoms with van der Waals surface area (Å²) in [6, 6.07) is 0. The molecule has 0 spiro atoms. The van der Waals surface area contributed by atoms with Gasteiger partial charge in [-0.1, -0.05) is 0 Å². The largest absolute Gasteiger partial charge is 0.483 e. The second-order valence-corrected chi connectivity index (χ2v) is 2.74. The fraction of sp³-hybridized carbons (Fsp3) is 0.889. The van der Waals surface area contributed by atoms with Gasteiger partial charge in [-0.25, -0.2) is 18.0 Å². The molecular weight excluding hydrogens is 441 g/mol. The van der Waals surface area contributed by atoms with Crippen molar-refractivity contribution < 1.29 is 81.1 Å². The van der Waals surface area contributed by atoms with Crippen LogP contribution in [0.3, 0.4) is 0 Å². The van der Waals surface area contributed by atoms with Crippen LogP contribution in [-0.2, 0) is 9.88 Å². The summed E-state index contributed by atoms with van der Waals surface area (Å²) in [6.07, 6.45) is -15.3. The average Bonchev–Trinajstić information content (AvgIpc) is 2.38. The van der Waals surface area contributed by atoms with Gasteiger partial charge in [-0.15, -0.1) is 8.78 Å². The lowest BCUT2D eigenvalue weighted by Gasteiger charge is -2.10. The van der Waals surface area contributed by atoms with E-state index in [2.05, 4.69) is 9.88 Å². The van der Waals surface area contributed by atoms with Gasteiger partial charge in [-0.3, -0.25) is 9.09 Å². The van der Waals surface area contributed by atoms with Gasteiger partial charge in [0, 0.05) is 0 Å². The van der Waals surface area contributed by atoms with Crippen molar-refractivity contribution in [2.75, 3.05) is 26.9 Å². The van der Waals surface area contributed by atoms with Crippen molar-refractivity contribution in [3.05, 3.63) is 0 Å². The van der Waals surface area contributed by atoms with Crippen LogP contribution in [0.1, 0.15) is 6.92 Å². The number of carbonyl (C=O) groups excluding carboxylic acids is 1. The number of halogens is 15. The summed E-state index contributed by atoms with van der Waals surface area (Å²) < 4.78 is 146. The van der Waals surface area contributed by atoms with Gasteiger partial charge in [-0.05, 0) is 16.0 Å². The van der Waals surface area contributed by atoms with Gasteiger partial charge in [0.05, 0.1) is 6.67 Å². The van der Waals surface area contributed by atoms with Gasteiger partial charge in [0.15, 0.2) is 6.61 Å². The number of hydrogen-bond donors (Lipinski definition) is 0. The maximum Gasteiger partial charge on any atom is 0.483 e. The number of alkyl halides is 10. The first-order valence-corrected chi connectivity index (χ1v) is 5.38. The Balaban J connectivity index is -0.0000000547. The molecule has 0 aliphatic heterocycles. The van der Waals surface area contributed by atoms with E-state index >= 15 is 0 Å². The maximum absolute atomic E-state index is 11.1. The van der Waals surface area contributed by atoms with Gasteiger partial charge < -0.3 is 0 Å². The van der Waals surface area contributed by atoms with Gasteiger partial charge in [0.25, 0.3) is 0 Å². The highest BCUT2D eigenvalue weighted by atomic mass is 19.4. The van der Waals surface area contributed by atoms with E-state index in [4.69, 9.17) is 4.79 Å². The van der Waals surface area contributed by atoms with Crippen LogP contribution >= 0.6 is 0 Å². The topological polar surface area (TPSA) is 35.5 Å². The lowest BCUT2D eigenvalue weighted by atomic mass is 10.4. The van der Waals surface area contributed by atoms with Gasteiger partial charge in [-0.2, -0.15) is 36.2 Å². The monoisotopic (exact) mass is 454 g/mol. The third-order valence-corrected chi connectivity index (χ3v) is 0.831. The third kappa shape index (κ3) is 79.3. The minimum Gasteiger partial charge on any atom is -0.269 e. The number of hydrogen-bond acceptors (Lipinski definition) is 3. The SMILES string of the molecule is CCF.F.FCC(OF)C(F)(F)F.FCF.FOCC(F)(F)F.O=C(F)F. The zero-order chi connectivity index (χ0) is 22.4. The van der Waals surface area contributed by atoms with E-state index in [-0.39, 0.29) is 11.4 Å². The number of carbonyl (C=O) groups is 1. The second kappa shape index (κ2) is 26.8. The smallest absolute Gasteiger partial charge is 0.269 e. The lowest BCUT2D eigenvalue weighted by molar-refractivity contribution is -0.297. The van der Waals surface area contributed by atoms with Crippen molar-refractivity contribution in [3.63, 3.8) is 0 Å². The molecule has 0 heterocycles. The molecule has 0 saturated carbocycles. The molecule has 0 fully saturated rings. The van der Waals surface area contributed by atoms with E-state index in [1.54, 1.807) is 0 Å². The predicted octanol–water partition coefficient (Wildman–Crippen LogP) is 6.29. The van der Waals surface area contributed by atoms with Crippen molar-refractivity contribution in [2.45, 2.75) is 25.4 Å². The van der Waals surface area contributed by atoms with Crippen LogP contribution in [0.15, 0.2) is 0 Å². The van der Waals surface area contributed by atoms with Crippen molar-refractivity contribution in [2.24, 2.45) is 0 Å². The van der Waals surface area contributed by atoms with E-state index in [1.165, 1.54) is 6.92 Å². The zero-order valence-corrected chi connectivity index (χ0v) is 12.8. The maximum atomic E-state index is 11.1. The molecule has 0 aromatic rings. The van der Waals surface area contributed by atoms with E-state index in [0.717, 1.165) is 0 Å². The molecule has 27 heavy (non-hydrogen) atoms. The Hall–Kier alpha value is -1.46. The van der Waals surface area contributed by atoms with Crippen LogP contribution in [0.4, 0.5) is 71.2 Å². The molecule has 0 amide bonds. The Morgan fingerprint density at radius 2 is 1.19 bits per heavy atom. The summed E-state index contributed by atoms with van der Waals surface area (Å²) in [5.74, 6) is 0. The predicted molar refractivity (Wildman–Crippen MR) is 60.0 cm³/mol. The molecule has 172 valence electrons. The minimum atomic E-state index is -4.95. The summed E-state index contributed by atoms with van der Waals surface area (Å²) in [6.45, 7) is -4.27. The standard InChI is InChI=1S/C3H3F5O.C2H2F4O.C2H5F.CF2O.CH2F2.FH/c4-1-2(9-8)3(5,6)7;3-2(4,5)1-7-6;1-2-3;2-1(3)4;2-1-3;/h2H,1H2;1H2;2H2,1H3;;1H2;1H. The van der Waals surface area contributed by atoms with Crippen LogP contribution in [0, 0.1) is 0 Å². The first-order valence-electron chi connectivity index (χ1n) is 5.38. The van der Waals surface area contributed by atoms with Crippen molar-refractivity contribution in [3.8, 4) is 0 Å². The highest BCUT2D eigenvalue weighted by molar-refractivity contribution is 5.55. The summed E-state index contributed by atoms with van der Waals surface area (Å²) in [4.78, 5) is 12.7. The summed E-state index contributed by atoms with van der Waals surface area (Å²) >= 11 is 0. The second-order valence-electron chi connectivity index (χ2n) is 2.74. The van der Waals surface area contributed by atoms with Crippen molar-refractivity contribution in [1.82, 2.24) is 0 Å². The Kier molecular flexibility index (Phi) is 39.9. The minimum absolute atomic E-state index is 0. The molecule has 0 N–H and O–H groups in total. The molecule has 3 nitrogen and oxygen atoms in total. The molecule has 0 aromatic heterocycles. The Morgan fingerprint density at radius 3 is 1.19 bits per heavy atom. The molecule has 18 heteroatoms.